The first-order chi connectivity index (χ1) is 10.5. The molecule has 0 radical (unpaired) electrons. The van der Waals surface area contributed by atoms with Crippen LogP contribution in [0.3, 0.4) is 0 Å². The quantitative estimate of drug-likeness (QED) is 0.945. The Labute approximate surface area is 133 Å². The van der Waals surface area contributed by atoms with Crippen molar-refractivity contribution in [2.75, 3.05) is 18.5 Å². The number of anilines is 1. The topological polar surface area (TPSA) is 60.5 Å². The molecule has 3 rings (SSSR count). The lowest BCUT2D eigenvalue weighted by molar-refractivity contribution is -0.115. The fourth-order valence-corrected chi connectivity index (χ4v) is 3.12. The van der Waals surface area contributed by atoms with Gasteiger partial charge in [0.1, 0.15) is 13.2 Å². The van der Waals surface area contributed by atoms with Crippen molar-refractivity contribution >= 4 is 22.4 Å². The molecule has 0 atom stereocenters. The number of hydrogen-bond acceptors (Lipinski definition) is 5. The Hall–Kier alpha value is -2.08. The number of thiazole rings is 1. The minimum Gasteiger partial charge on any atom is -0.486 e. The van der Waals surface area contributed by atoms with Crippen molar-refractivity contribution in [2.24, 2.45) is 0 Å². The Balaban J connectivity index is 1.73. The highest BCUT2D eigenvalue weighted by molar-refractivity contribution is 7.15. The average molecular weight is 318 g/mol. The lowest BCUT2D eigenvalue weighted by Crippen LogP contribution is -2.18. The van der Waals surface area contributed by atoms with Gasteiger partial charge in [0.25, 0.3) is 0 Å². The Bertz CT molecular complexity index is 705. The zero-order valence-corrected chi connectivity index (χ0v) is 13.7. The summed E-state index contributed by atoms with van der Waals surface area (Å²) in [7, 11) is 0. The monoisotopic (exact) mass is 318 g/mol. The van der Waals surface area contributed by atoms with Gasteiger partial charge in [-0.3, -0.25) is 4.79 Å². The van der Waals surface area contributed by atoms with Crippen LogP contribution < -0.4 is 14.8 Å². The van der Waals surface area contributed by atoms with Crippen molar-refractivity contribution in [3.63, 3.8) is 0 Å². The number of carbonyl (C=O) groups excluding carboxylic acids is 1. The van der Waals surface area contributed by atoms with Gasteiger partial charge in [-0.2, -0.15) is 0 Å². The molecular weight excluding hydrogens is 300 g/mol. The zero-order chi connectivity index (χ0) is 15.7. The van der Waals surface area contributed by atoms with Crippen molar-refractivity contribution in [3.8, 4) is 11.5 Å². The maximum atomic E-state index is 12.2. The number of hydrogen-bond donors (Lipinski definition) is 1. The van der Waals surface area contributed by atoms with Crippen LogP contribution >= 0.6 is 11.3 Å². The Kier molecular flexibility index (Phi) is 4.02. The molecule has 2 aromatic rings. The van der Waals surface area contributed by atoms with Crippen LogP contribution in [0.15, 0.2) is 12.1 Å². The zero-order valence-electron chi connectivity index (χ0n) is 12.9. The number of carbonyl (C=O) groups is 1. The molecule has 6 heteroatoms. The lowest BCUT2D eigenvalue weighted by atomic mass is 10.0. The minimum atomic E-state index is -0.0754. The fourth-order valence-electron chi connectivity index (χ4n) is 2.29. The second-order valence-corrected chi connectivity index (χ2v) is 6.51. The van der Waals surface area contributed by atoms with E-state index in [0.29, 0.717) is 30.5 Å². The van der Waals surface area contributed by atoms with Crippen LogP contribution in [0.5, 0.6) is 11.5 Å². The van der Waals surface area contributed by atoms with Crippen molar-refractivity contribution in [3.05, 3.63) is 33.8 Å². The van der Waals surface area contributed by atoms with Crippen molar-refractivity contribution in [1.82, 2.24) is 4.98 Å². The molecule has 1 N–H and O–H groups in total. The first kappa shape index (κ1) is 14.8. The molecule has 0 fully saturated rings. The molecule has 1 aliphatic heterocycles. The summed E-state index contributed by atoms with van der Waals surface area (Å²) in [6.07, 6.45) is 0.292. The van der Waals surface area contributed by atoms with E-state index in [2.05, 4.69) is 10.3 Å². The maximum absolute atomic E-state index is 12.2. The standard InChI is InChI=1S/C16H18N2O3S/c1-9-6-13-14(21-5-4-20-13)7-12(9)8-15(19)18-16-17-10(2)11(3)22-16/h6-7H,4-5,8H2,1-3H3,(H,17,18,19). The number of fused-ring (bicyclic) bond motifs is 1. The summed E-state index contributed by atoms with van der Waals surface area (Å²) >= 11 is 1.49. The summed E-state index contributed by atoms with van der Waals surface area (Å²) in [5.74, 6) is 1.38. The van der Waals surface area contributed by atoms with E-state index in [1.165, 1.54) is 11.3 Å². The smallest absolute Gasteiger partial charge is 0.230 e. The fraction of sp³-hybridized carbons (Fsp3) is 0.375. The summed E-state index contributed by atoms with van der Waals surface area (Å²) in [4.78, 5) is 17.6. The summed E-state index contributed by atoms with van der Waals surface area (Å²) in [6, 6.07) is 3.82. The second kappa shape index (κ2) is 5.96. The van der Waals surface area contributed by atoms with E-state index >= 15 is 0 Å². The number of amides is 1. The minimum absolute atomic E-state index is 0.0754. The number of nitrogens with one attached hydrogen (secondary N) is 1. The first-order valence-electron chi connectivity index (χ1n) is 7.16. The third-order valence-corrected chi connectivity index (χ3v) is 4.61. The van der Waals surface area contributed by atoms with Gasteiger partial charge < -0.3 is 14.8 Å². The lowest BCUT2D eigenvalue weighted by Gasteiger charge is -2.20. The van der Waals surface area contributed by atoms with E-state index in [1.54, 1.807) is 0 Å². The van der Waals surface area contributed by atoms with E-state index in [1.807, 2.05) is 32.9 Å². The van der Waals surface area contributed by atoms with Crippen LogP contribution in [0.4, 0.5) is 5.13 Å². The number of aryl methyl sites for hydroxylation is 3. The van der Waals surface area contributed by atoms with E-state index in [9.17, 15) is 4.79 Å². The van der Waals surface area contributed by atoms with Crippen LogP contribution in [-0.4, -0.2) is 24.1 Å². The van der Waals surface area contributed by atoms with E-state index < -0.39 is 0 Å². The van der Waals surface area contributed by atoms with E-state index in [0.717, 1.165) is 27.4 Å². The van der Waals surface area contributed by atoms with Gasteiger partial charge in [-0.1, -0.05) is 0 Å². The van der Waals surface area contributed by atoms with Gasteiger partial charge in [0.15, 0.2) is 16.6 Å². The molecule has 0 saturated heterocycles. The van der Waals surface area contributed by atoms with Crippen LogP contribution in [0.2, 0.25) is 0 Å². The molecule has 0 bridgehead atoms. The van der Waals surface area contributed by atoms with Gasteiger partial charge in [0.2, 0.25) is 5.91 Å². The average Bonchev–Trinajstić information content (AvgIpc) is 2.78. The van der Waals surface area contributed by atoms with Gasteiger partial charge in [-0.25, -0.2) is 4.98 Å². The van der Waals surface area contributed by atoms with E-state index in [4.69, 9.17) is 9.47 Å². The van der Waals surface area contributed by atoms with E-state index in [-0.39, 0.29) is 5.91 Å². The summed E-state index contributed by atoms with van der Waals surface area (Å²) in [5.41, 5.74) is 2.91. The summed E-state index contributed by atoms with van der Waals surface area (Å²) in [6.45, 7) is 7.01. The highest BCUT2D eigenvalue weighted by atomic mass is 32.1. The van der Waals surface area contributed by atoms with Crippen LogP contribution in [0.1, 0.15) is 21.7 Å². The molecule has 0 saturated carbocycles. The van der Waals surface area contributed by atoms with Crippen molar-refractivity contribution in [1.29, 1.82) is 0 Å². The van der Waals surface area contributed by atoms with Gasteiger partial charge >= 0.3 is 0 Å². The molecular formula is C16H18N2O3S. The Morgan fingerprint density at radius 1 is 1.23 bits per heavy atom. The van der Waals surface area contributed by atoms with Crippen molar-refractivity contribution < 1.29 is 14.3 Å². The number of aromatic nitrogens is 1. The van der Waals surface area contributed by atoms with Gasteiger partial charge in [-0.15, -0.1) is 11.3 Å². The van der Waals surface area contributed by atoms with Gasteiger partial charge in [0, 0.05) is 4.88 Å². The summed E-state index contributed by atoms with van der Waals surface area (Å²) < 4.78 is 11.1. The molecule has 22 heavy (non-hydrogen) atoms. The summed E-state index contributed by atoms with van der Waals surface area (Å²) in [5, 5.41) is 3.50. The SMILES string of the molecule is Cc1cc2c(cc1CC(=O)Nc1nc(C)c(C)s1)OCCO2. The number of rotatable bonds is 3. The third-order valence-electron chi connectivity index (χ3n) is 3.63. The predicted octanol–water partition coefficient (Wildman–Crippen LogP) is 3.02. The number of benzene rings is 1. The maximum Gasteiger partial charge on any atom is 0.230 e. The molecule has 1 aromatic carbocycles. The Morgan fingerprint density at radius 3 is 2.55 bits per heavy atom. The van der Waals surface area contributed by atoms with Crippen LogP contribution in [-0.2, 0) is 11.2 Å². The molecule has 1 amide bonds. The molecule has 2 heterocycles. The molecule has 1 aromatic heterocycles. The first-order valence-corrected chi connectivity index (χ1v) is 7.97. The Morgan fingerprint density at radius 2 is 1.91 bits per heavy atom. The normalized spacial score (nSPS) is 13.0. The highest BCUT2D eigenvalue weighted by Crippen LogP contribution is 2.33. The molecule has 116 valence electrons. The third kappa shape index (κ3) is 3.06. The molecule has 0 spiro atoms. The van der Waals surface area contributed by atoms with Crippen LogP contribution in [0.25, 0.3) is 0 Å². The van der Waals surface area contributed by atoms with Gasteiger partial charge in [0.05, 0.1) is 12.1 Å². The number of ether oxygens (including phenoxy) is 2. The van der Waals surface area contributed by atoms with Gasteiger partial charge in [-0.05, 0) is 44.0 Å². The second-order valence-electron chi connectivity index (χ2n) is 5.31. The highest BCUT2D eigenvalue weighted by Gasteiger charge is 2.16. The van der Waals surface area contributed by atoms with Crippen molar-refractivity contribution in [2.45, 2.75) is 27.2 Å². The largest absolute Gasteiger partial charge is 0.486 e. The molecule has 0 aliphatic carbocycles. The van der Waals surface area contributed by atoms with Crippen LogP contribution in [0, 0.1) is 20.8 Å². The number of nitrogens with zero attached hydrogens (tertiary/aromatic N) is 1. The molecule has 1 aliphatic rings. The molecule has 0 unspecified atom stereocenters. The molecule has 5 nitrogen and oxygen atoms in total. The predicted molar refractivity (Wildman–Crippen MR) is 86.1 cm³/mol.